The van der Waals surface area contributed by atoms with E-state index in [0.717, 1.165) is 22.3 Å². The van der Waals surface area contributed by atoms with E-state index in [4.69, 9.17) is 11.6 Å². The summed E-state index contributed by atoms with van der Waals surface area (Å²) in [6.07, 6.45) is 0.251. The zero-order valence-electron chi connectivity index (χ0n) is 18.2. The van der Waals surface area contributed by atoms with Crippen LogP contribution in [0.2, 0.25) is 5.02 Å². The molecular formula is C24H31ClN2O2. The van der Waals surface area contributed by atoms with Crippen LogP contribution in [-0.4, -0.2) is 28.3 Å². The topological polar surface area (TPSA) is 49.4 Å². The van der Waals surface area contributed by atoms with Gasteiger partial charge in [-0.15, -0.1) is 0 Å². The van der Waals surface area contributed by atoms with Gasteiger partial charge >= 0.3 is 0 Å². The fourth-order valence-corrected chi connectivity index (χ4v) is 3.36. The lowest BCUT2D eigenvalue weighted by Gasteiger charge is -2.31. The SMILES string of the molecule is Cc1ccc(C)c(CC(=O)N(Cc2cccc(Cl)c2)C(C)C(=O)NC(C)(C)C)c1. The van der Waals surface area contributed by atoms with Crippen molar-refractivity contribution in [3.63, 3.8) is 0 Å². The van der Waals surface area contributed by atoms with Gasteiger partial charge in [0.1, 0.15) is 6.04 Å². The number of hydrogen-bond acceptors (Lipinski definition) is 2. The Morgan fingerprint density at radius 2 is 1.79 bits per heavy atom. The minimum atomic E-state index is -0.606. The molecule has 0 saturated carbocycles. The molecule has 29 heavy (non-hydrogen) atoms. The summed E-state index contributed by atoms with van der Waals surface area (Å²) in [5.41, 5.74) is 3.68. The van der Waals surface area contributed by atoms with E-state index in [1.165, 1.54) is 0 Å². The summed E-state index contributed by atoms with van der Waals surface area (Å²) in [4.78, 5) is 27.7. The largest absolute Gasteiger partial charge is 0.350 e. The van der Waals surface area contributed by atoms with Crippen LogP contribution in [0.15, 0.2) is 42.5 Å². The van der Waals surface area contributed by atoms with E-state index in [-0.39, 0.29) is 23.8 Å². The van der Waals surface area contributed by atoms with Crippen LogP contribution in [0.4, 0.5) is 0 Å². The normalized spacial score (nSPS) is 12.4. The number of benzene rings is 2. The quantitative estimate of drug-likeness (QED) is 0.735. The van der Waals surface area contributed by atoms with Crippen molar-refractivity contribution in [2.24, 2.45) is 0 Å². The summed E-state index contributed by atoms with van der Waals surface area (Å²) in [5.74, 6) is -0.260. The van der Waals surface area contributed by atoms with Crippen molar-refractivity contribution in [3.05, 3.63) is 69.7 Å². The Labute approximate surface area is 179 Å². The van der Waals surface area contributed by atoms with E-state index < -0.39 is 6.04 Å². The lowest BCUT2D eigenvalue weighted by molar-refractivity contribution is -0.140. The van der Waals surface area contributed by atoms with Crippen molar-refractivity contribution in [1.82, 2.24) is 10.2 Å². The molecule has 0 heterocycles. The van der Waals surface area contributed by atoms with Gasteiger partial charge in [-0.3, -0.25) is 9.59 Å². The first-order chi connectivity index (χ1) is 13.5. The number of halogens is 1. The van der Waals surface area contributed by atoms with E-state index in [9.17, 15) is 9.59 Å². The second-order valence-corrected chi connectivity index (χ2v) is 9.11. The maximum absolute atomic E-state index is 13.3. The van der Waals surface area contributed by atoms with E-state index in [2.05, 4.69) is 5.32 Å². The number of nitrogens with one attached hydrogen (secondary N) is 1. The summed E-state index contributed by atoms with van der Waals surface area (Å²) in [5, 5.41) is 3.58. The smallest absolute Gasteiger partial charge is 0.242 e. The van der Waals surface area contributed by atoms with Gasteiger partial charge in [0.2, 0.25) is 11.8 Å². The third-order valence-corrected chi connectivity index (χ3v) is 4.99. The van der Waals surface area contributed by atoms with Crippen LogP contribution in [-0.2, 0) is 22.6 Å². The first-order valence-corrected chi connectivity index (χ1v) is 10.3. The highest BCUT2D eigenvalue weighted by Gasteiger charge is 2.28. The molecule has 0 aliphatic heterocycles. The van der Waals surface area contributed by atoms with Crippen molar-refractivity contribution < 1.29 is 9.59 Å². The van der Waals surface area contributed by atoms with Gasteiger partial charge < -0.3 is 10.2 Å². The lowest BCUT2D eigenvalue weighted by atomic mass is 10.0. The molecule has 156 valence electrons. The van der Waals surface area contributed by atoms with E-state index in [1.54, 1.807) is 17.9 Å². The standard InChI is InChI=1S/C24H31ClN2O2/c1-16-10-11-17(2)20(12-16)14-22(28)27(15-19-8-7-9-21(25)13-19)18(3)23(29)26-24(4,5)6/h7-13,18H,14-15H2,1-6H3,(H,26,29). The molecule has 0 spiro atoms. The Morgan fingerprint density at radius 1 is 1.10 bits per heavy atom. The van der Waals surface area contributed by atoms with Crippen molar-refractivity contribution in [1.29, 1.82) is 0 Å². The van der Waals surface area contributed by atoms with E-state index >= 15 is 0 Å². The lowest BCUT2D eigenvalue weighted by Crippen LogP contribution is -2.52. The molecule has 1 atom stereocenters. The minimum absolute atomic E-state index is 0.0877. The Morgan fingerprint density at radius 3 is 2.41 bits per heavy atom. The Balaban J connectivity index is 2.30. The molecule has 0 bridgehead atoms. The number of nitrogens with zero attached hydrogens (tertiary/aromatic N) is 1. The van der Waals surface area contributed by atoms with Gasteiger partial charge in [0.05, 0.1) is 6.42 Å². The maximum atomic E-state index is 13.3. The number of aryl methyl sites for hydroxylation is 2. The highest BCUT2D eigenvalue weighted by atomic mass is 35.5. The molecule has 2 rings (SSSR count). The second kappa shape index (κ2) is 9.45. The van der Waals surface area contributed by atoms with Gasteiger partial charge in [0.25, 0.3) is 0 Å². The van der Waals surface area contributed by atoms with Gasteiger partial charge in [0.15, 0.2) is 0 Å². The van der Waals surface area contributed by atoms with E-state index in [1.807, 2.05) is 71.0 Å². The van der Waals surface area contributed by atoms with Gasteiger partial charge in [-0.1, -0.05) is 47.5 Å². The molecule has 0 aliphatic rings. The zero-order valence-corrected chi connectivity index (χ0v) is 18.9. The highest BCUT2D eigenvalue weighted by Crippen LogP contribution is 2.18. The van der Waals surface area contributed by atoms with Crippen LogP contribution in [0.25, 0.3) is 0 Å². The van der Waals surface area contributed by atoms with Gasteiger partial charge in [-0.2, -0.15) is 0 Å². The molecule has 0 radical (unpaired) electrons. The number of amides is 2. The molecule has 2 aromatic rings. The van der Waals surface area contributed by atoms with Crippen molar-refractivity contribution >= 4 is 23.4 Å². The second-order valence-electron chi connectivity index (χ2n) is 8.67. The Hall–Kier alpha value is -2.33. The third-order valence-electron chi connectivity index (χ3n) is 4.75. The number of hydrogen-bond donors (Lipinski definition) is 1. The molecule has 2 aromatic carbocycles. The molecule has 1 unspecified atom stereocenters. The summed E-state index contributed by atoms with van der Waals surface area (Å²) < 4.78 is 0. The molecule has 4 nitrogen and oxygen atoms in total. The van der Waals surface area contributed by atoms with Crippen LogP contribution in [0.5, 0.6) is 0 Å². The van der Waals surface area contributed by atoms with Crippen molar-refractivity contribution in [2.75, 3.05) is 0 Å². The number of carbonyl (C=O) groups excluding carboxylic acids is 2. The monoisotopic (exact) mass is 414 g/mol. The van der Waals surface area contributed by atoms with Crippen molar-refractivity contribution in [3.8, 4) is 0 Å². The maximum Gasteiger partial charge on any atom is 0.242 e. The molecule has 0 aliphatic carbocycles. The summed E-state index contributed by atoms with van der Waals surface area (Å²) in [7, 11) is 0. The number of rotatable bonds is 6. The Kier molecular flexibility index (Phi) is 7.48. The predicted octanol–water partition coefficient (Wildman–Crippen LogP) is 4.83. The molecule has 1 N–H and O–H groups in total. The molecule has 0 aromatic heterocycles. The zero-order chi connectivity index (χ0) is 21.8. The molecule has 5 heteroatoms. The third kappa shape index (κ3) is 6.90. The van der Waals surface area contributed by atoms with Crippen LogP contribution in [0, 0.1) is 13.8 Å². The fraction of sp³-hybridized carbons (Fsp3) is 0.417. The molecule has 2 amide bonds. The van der Waals surface area contributed by atoms with Gasteiger partial charge in [-0.05, 0) is 70.4 Å². The predicted molar refractivity (Wildman–Crippen MR) is 119 cm³/mol. The van der Waals surface area contributed by atoms with Gasteiger partial charge in [-0.25, -0.2) is 0 Å². The van der Waals surface area contributed by atoms with Crippen LogP contribution in [0.1, 0.15) is 49.9 Å². The Bertz CT molecular complexity index is 887. The first-order valence-electron chi connectivity index (χ1n) is 9.88. The van der Waals surface area contributed by atoms with Crippen molar-refractivity contribution in [2.45, 2.75) is 66.1 Å². The van der Waals surface area contributed by atoms with Crippen LogP contribution < -0.4 is 5.32 Å². The first kappa shape index (κ1) is 23.0. The number of carbonyl (C=O) groups is 2. The average Bonchev–Trinajstić information content (AvgIpc) is 2.60. The van der Waals surface area contributed by atoms with Crippen LogP contribution >= 0.6 is 11.6 Å². The molecule has 0 saturated heterocycles. The molecular weight excluding hydrogens is 384 g/mol. The molecule has 0 fully saturated rings. The highest BCUT2D eigenvalue weighted by molar-refractivity contribution is 6.30. The average molecular weight is 415 g/mol. The summed E-state index contributed by atoms with van der Waals surface area (Å²) in [6, 6.07) is 12.9. The summed E-state index contributed by atoms with van der Waals surface area (Å²) in [6.45, 7) is 11.9. The van der Waals surface area contributed by atoms with Gasteiger partial charge in [0, 0.05) is 17.1 Å². The minimum Gasteiger partial charge on any atom is -0.350 e. The van der Waals surface area contributed by atoms with E-state index in [0.29, 0.717) is 11.6 Å². The summed E-state index contributed by atoms with van der Waals surface area (Å²) >= 11 is 6.12. The van der Waals surface area contributed by atoms with Crippen LogP contribution in [0.3, 0.4) is 0 Å². The fourth-order valence-electron chi connectivity index (χ4n) is 3.14.